The Morgan fingerprint density at radius 2 is 1.86 bits per heavy atom. The molecule has 28 heavy (non-hydrogen) atoms. The number of halogens is 2. The van der Waals surface area contributed by atoms with Crippen molar-refractivity contribution in [3.05, 3.63) is 63.1 Å². The van der Waals surface area contributed by atoms with Gasteiger partial charge in [-0.2, -0.15) is 8.42 Å². The Labute approximate surface area is 215 Å². The van der Waals surface area contributed by atoms with E-state index in [1.807, 2.05) is 19.1 Å². The fourth-order valence-corrected chi connectivity index (χ4v) is 3.32. The molecule has 1 aliphatic rings. The second-order valence-corrected chi connectivity index (χ2v) is 7.61. The molecule has 1 heterocycles. The molecule has 1 aliphatic heterocycles. The Hall–Kier alpha value is -0.494. The average Bonchev–Trinajstić information content (AvgIpc) is 2.60. The number of amides is 1. The van der Waals surface area contributed by atoms with Gasteiger partial charge in [0.1, 0.15) is 0 Å². The van der Waals surface area contributed by atoms with Crippen LogP contribution in [0.1, 0.15) is 27.9 Å². The molecule has 3 rings (SSSR count). The zero-order valence-electron chi connectivity index (χ0n) is 15.0. The summed E-state index contributed by atoms with van der Waals surface area (Å²) in [6.45, 7) is 2.02. The molecular formula is C17H13Cl2KN2O5S. The van der Waals surface area contributed by atoms with Crippen LogP contribution in [0.2, 0.25) is 10.0 Å². The molecule has 0 unspecified atom stereocenters. The normalized spacial score (nSPS) is 15.0. The Bertz CT molecular complexity index is 1060. The van der Waals surface area contributed by atoms with Gasteiger partial charge in [-0.3, -0.25) is 9.08 Å². The van der Waals surface area contributed by atoms with Gasteiger partial charge in [-0.05, 0) is 30.7 Å². The van der Waals surface area contributed by atoms with Crippen LogP contribution < -0.4 is 56.3 Å². The van der Waals surface area contributed by atoms with E-state index in [0.717, 1.165) is 5.56 Å². The van der Waals surface area contributed by atoms with E-state index in [2.05, 4.69) is 9.44 Å². The predicted octanol–water partition coefficient (Wildman–Crippen LogP) is 0.537. The zero-order chi connectivity index (χ0) is 19.8. The summed E-state index contributed by atoms with van der Waals surface area (Å²) in [5, 5.41) is 3.84. The molecule has 1 amide bonds. The Morgan fingerprint density at radius 1 is 1.21 bits per heavy atom. The maximum absolute atomic E-state index is 13.0. The minimum Gasteiger partial charge on any atom is -0.714 e. The maximum atomic E-state index is 13.0. The van der Waals surface area contributed by atoms with Crippen molar-refractivity contribution in [2.45, 2.75) is 13.3 Å². The molecule has 142 valence electrons. The first-order chi connectivity index (χ1) is 12.7. The molecule has 0 spiro atoms. The number of anilines is 1. The van der Waals surface area contributed by atoms with Gasteiger partial charge >= 0.3 is 51.4 Å². The summed E-state index contributed by atoms with van der Waals surface area (Å²) in [5.74, 6) is -0.246. The third-order valence-electron chi connectivity index (χ3n) is 4.07. The van der Waals surface area contributed by atoms with E-state index < -0.39 is 10.4 Å². The van der Waals surface area contributed by atoms with E-state index in [4.69, 9.17) is 23.2 Å². The van der Waals surface area contributed by atoms with E-state index in [9.17, 15) is 17.8 Å². The molecular weight excluding hydrogens is 454 g/mol. The van der Waals surface area contributed by atoms with Crippen molar-refractivity contribution in [3.8, 4) is 0 Å². The van der Waals surface area contributed by atoms with Crippen molar-refractivity contribution in [1.82, 2.24) is 0 Å². The summed E-state index contributed by atoms with van der Waals surface area (Å²) in [5.41, 5.74) is 2.27. The maximum Gasteiger partial charge on any atom is 1.00 e. The van der Waals surface area contributed by atoms with Crippen molar-refractivity contribution < 1.29 is 73.4 Å². The van der Waals surface area contributed by atoms with E-state index in [1.54, 1.807) is 12.1 Å². The minimum absolute atomic E-state index is 0. The Balaban J connectivity index is 0.00000280. The molecule has 0 radical (unpaired) electrons. The van der Waals surface area contributed by atoms with Crippen LogP contribution in [0, 0.1) is 6.92 Å². The summed E-state index contributed by atoms with van der Waals surface area (Å²) in [7, 11) is -5.00. The quantitative estimate of drug-likeness (QED) is 0.284. The van der Waals surface area contributed by atoms with Gasteiger partial charge in [-0.1, -0.05) is 46.6 Å². The van der Waals surface area contributed by atoms with Gasteiger partial charge in [0, 0.05) is 24.1 Å². The number of hydrogen-bond donors (Lipinski definition) is 0. The smallest absolute Gasteiger partial charge is 0.714 e. The van der Waals surface area contributed by atoms with Gasteiger partial charge in [0.05, 0.1) is 21.4 Å². The molecule has 11 heteroatoms. The number of fused-ring (bicyclic) bond motifs is 1. The fraction of sp³-hybridized carbons (Fsp3) is 0.176. The van der Waals surface area contributed by atoms with Crippen LogP contribution in [-0.4, -0.2) is 31.1 Å². The van der Waals surface area contributed by atoms with Crippen molar-refractivity contribution in [3.63, 3.8) is 0 Å². The molecule has 2 aromatic rings. The second kappa shape index (κ2) is 9.54. The summed E-state index contributed by atoms with van der Waals surface area (Å²) < 4.78 is 36.1. The van der Waals surface area contributed by atoms with Gasteiger partial charge in [-0.15, -0.1) is 0 Å². The zero-order valence-corrected chi connectivity index (χ0v) is 20.4. The number of hydrogen-bond acceptors (Lipinski definition) is 6. The van der Waals surface area contributed by atoms with Crippen LogP contribution in [0.25, 0.3) is 0 Å². The minimum atomic E-state index is -5.00. The van der Waals surface area contributed by atoms with E-state index in [-0.39, 0.29) is 86.0 Å². The molecule has 7 nitrogen and oxygen atoms in total. The number of carbonyl (C=O) groups is 1. The number of nitrogens with zero attached hydrogens (tertiary/aromatic N) is 2. The first kappa shape index (κ1) is 23.8. The number of carbonyl (C=O) groups excluding carboxylic acids is 1. The molecule has 0 aromatic heterocycles. The summed E-state index contributed by atoms with van der Waals surface area (Å²) >= 11 is 12.2. The van der Waals surface area contributed by atoms with Crippen molar-refractivity contribution in [2.24, 2.45) is 5.16 Å². The van der Waals surface area contributed by atoms with Crippen LogP contribution in [0.15, 0.2) is 41.6 Å². The molecule has 0 atom stereocenters. The van der Waals surface area contributed by atoms with E-state index in [0.29, 0.717) is 16.8 Å². The van der Waals surface area contributed by atoms with Crippen LogP contribution in [0.3, 0.4) is 0 Å². The SMILES string of the molecule is Cc1ccccc1C(=O)N1CC/C(=N/OS(=O)(=O)[O-])c2cc(Cl)c(Cl)cc21.[K+]. The first-order valence-corrected chi connectivity index (χ1v) is 9.84. The monoisotopic (exact) mass is 466 g/mol. The third-order valence-corrected chi connectivity index (χ3v) is 5.05. The van der Waals surface area contributed by atoms with Crippen LogP contribution in [0.4, 0.5) is 5.69 Å². The van der Waals surface area contributed by atoms with E-state index in [1.165, 1.54) is 17.0 Å². The Kier molecular flexibility index (Phi) is 8.11. The predicted molar refractivity (Wildman–Crippen MR) is 101 cm³/mol. The standard InChI is InChI=1S/C17H14Cl2N2O5S.K/c1-10-4-2-3-5-11(10)17(22)21-7-6-15(20-26-27(23,24)25)12-8-13(18)14(19)9-16(12)21;/h2-5,8-9H,6-7H2,1H3,(H,23,24,25);/q;+1/p-1/b20-15-;. The summed E-state index contributed by atoms with van der Waals surface area (Å²) in [4.78, 5) is 14.5. The average molecular weight is 467 g/mol. The van der Waals surface area contributed by atoms with Gasteiger partial charge in [0.25, 0.3) is 16.3 Å². The second-order valence-electron chi connectivity index (χ2n) is 5.83. The van der Waals surface area contributed by atoms with Gasteiger partial charge in [0.15, 0.2) is 0 Å². The third kappa shape index (κ3) is 5.35. The number of oxime groups is 1. The molecule has 0 saturated carbocycles. The Morgan fingerprint density at radius 3 is 2.50 bits per heavy atom. The van der Waals surface area contributed by atoms with Crippen LogP contribution >= 0.6 is 23.2 Å². The van der Waals surface area contributed by atoms with E-state index >= 15 is 0 Å². The molecule has 0 saturated heterocycles. The number of rotatable bonds is 3. The summed E-state index contributed by atoms with van der Waals surface area (Å²) in [6.07, 6.45) is 0.165. The van der Waals surface area contributed by atoms with Crippen LogP contribution in [-0.2, 0) is 14.7 Å². The number of aryl methyl sites for hydroxylation is 1. The van der Waals surface area contributed by atoms with Gasteiger partial charge < -0.3 is 9.45 Å². The van der Waals surface area contributed by atoms with Crippen molar-refractivity contribution >= 4 is 50.9 Å². The molecule has 0 N–H and O–H groups in total. The molecule has 0 aliphatic carbocycles. The largest absolute Gasteiger partial charge is 1.00 e. The van der Waals surface area contributed by atoms with Crippen LogP contribution in [0.5, 0.6) is 0 Å². The summed E-state index contributed by atoms with van der Waals surface area (Å²) in [6, 6.07) is 10.1. The van der Waals surface area contributed by atoms with Gasteiger partial charge in [-0.25, -0.2) is 0 Å². The van der Waals surface area contributed by atoms with Crippen molar-refractivity contribution in [1.29, 1.82) is 0 Å². The van der Waals surface area contributed by atoms with Crippen molar-refractivity contribution in [2.75, 3.05) is 11.4 Å². The first-order valence-electron chi connectivity index (χ1n) is 7.75. The topological polar surface area (TPSA) is 99.1 Å². The fourth-order valence-electron chi connectivity index (χ4n) is 2.82. The molecule has 0 bridgehead atoms. The van der Waals surface area contributed by atoms with Gasteiger partial charge in [0.2, 0.25) is 0 Å². The molecule has 2 aromatic carbocycles. The number of benzene rings is 2. The molecule has 0 fully saturated rings.